The van der Waals surface area contributed by atoms with Gasteiger partial charge in [0.2, 0.25) is 0 Å². The van der Waals surface area contributed by atoms with Crippen LogP contribution in [0.25, 0.3) is 22.2 Å². The summed E-state index contributed by atoms with van der Waals surface area (Å²) in [7, 11) is 0. The first-order valence-electron chi connectivity index (χ1n) is 12.0. The number of amides is 2. The number of nitrogens with one attached hydrogen (secondary N) is 1. The molecule has 36 heavy (non-hydrogen) atoms. The lowest BCUT2D eigenvalue weighted by atomic mass is 9.72. The maximum absolute atomic E-state index is 13.7. The molecule has 2 heterocycles. The molecule has 2 amide bonds. The van der Waals surface area contributed by atoms with Gasteiger partial charge in [-0.3, -0.25) is 9.59 Å². The van der Waals surface area contributed by atoms with Gasteiger partial charge >= 0.3 is 0 Å². The second-order valence-electron chi connectivity index (χ2n) is 10.4. The van der Waals surface area contributed by atoms with Crippen LogP contribution in [0.4, 0.5) is 5.00 Å². The number of nitrogens with zero attached hydrogens (tertiary/aromatic N) is 1. The van der Waals surface area contributed by atoms with E-state index in [9.17, 15) is 9.59 Å². The van der Waals surface area contributed by atoms with E-state index in [4.69, 9.17) is 10.7 Å². The molecule has 3 N–H and O–H groups in total. The number of aromatic nitrogens is 1. The number of nitrogens with two attached hydrogens (primary N) is 1. The molecule has 7 heteroatoms. The number of fused-ring (bicyclic) bond motifs is 2. The topological polar surface area (TPSA) is 85.1 Å². The van der Waals surface area contributed by atoms with E-state index in [0.717, 1.165) is 50.6 Å². The third kappa shape index (κ3) is 4.70. The molecule has 4 aromatic rings. The zero-order valence-corrected chi connectivity index (χ0v) is 22.9. The van der Waals surface area contributed by atoms with Gasteiger partial charge in [0.25, 0.3) is 11.8 Å². The van der Waals surface area contributed by atoms with Crippen molar-refractivity contribution in [3.8, 4) is 11.3 Å². The molecule has 1 unspecified atom stereocenters. The molecule has 0 saturated carbocycles. The molecule has 0 spiro atoms. The Kier molecular flexibility index (Phi) is 6.47. The second-order valence-corrected chi connectivity index (χ2v) is 12.4. The summed E-state index contributed by atoms with van der Waals surface area (Å²) in [5.41, 5.74) is 10.3. The number of hydrogen-bond donors (Lipinski definition) is 2. The molecule has 1 atom stereocenters. The van der Waals surface area contributed by atoms with Crippen molar-refractivity contribution < 1.29 is 9.59 Å². The Hall–Kier alpha value is -3.03. The van der Waals surface area contributed by atoms with Gasteiger partial charge in [0.05, 0.1) is 22.3 Å². The molecule has 1 aliphatic carbocycles. The van der Waals surface area contributed by atoms with Crippen molar-refractivity contribution in [3.05, 3.63) is 80.6 Å². The standard InChI is InChI=1S/C29H28BrN3O2S/c1-29(2,3)17-9-11-19-24(13-17)36-28(25(19)26(31)34)33-27(35)21-15-23(16-7-5-4-6-8-16)32-22-12-10-18(30)14-20(21)22/h4-8,10,12,14-15,17H,9,11,13H2,1-3H3,(H2,31,34)(H,33,35). The highest BCUT2D eigenvalue weighted by Gasteiger charge is 2.33. The smallest absolute Gasteiger partial charge is 0.257 e. The van der Waals surface area contributed by atoms with Crippen LogP contribution >= 0.6 is 27.3 Å². The molecule has 0 radical (unpaired) electrons. The lowest BCUT2D eigenvalue weighted by Gasteiger charge is -2.33. The Morgan fingerprint density at radius 2 is 1.86 bits per heavy atom. The zero-order valence-electron chi connectivity index (χ0n) is 20.5. The quantitative estimate of drug-likeness (QED) is 0.275. The first kappa shape index (κ1) is 24.7. The summed E-state index contributed by atoms with van der Waals surface area (Å²) in [4.78, 5) is 32.2. The van der Waals surface area contributed by atoms with Gasteiger partial charge in [-0.15, -0.1) is 11.3 Å². The fourth-order valence-corrected chi connectivity index (χ4v) is 6.68. The number of thiophene rings is 1. The van der Waals surface area contributed by atoms with E-state index < -0.39 is 5.91 Å². The van der Waals surface area contributed by atoms with Gasteiger partial charge in [0.1, 0.15) is 5.00 Å². The average Bonchev–Trinajstić information content (AvgIpc) is 3.20. The summed E-state index contributed by atoms with van der Waals surface area (Å²) >= 11 is 5.00. The van der Waals surface area contributed by atoms with Crippen LogP contribution in [-0.2, 0) is 12.8 Å². The van der Waals surface area contributed by atoms with Crippen LogP contribution in [0.1, 0.15) is 58.3 Å². The van der Waals surface area contributed by atoms with Crippen LogP contribution < -0.4 is 11.1 Å². The largest absolute Gasteiger partial charge is 0.365 e. The van der Waals surface area contributed by atoms with Crippen molar-refractivity contribution in [2.75, 3.05) is 5.32 Å². The van der Waals surface area contributed by atoms with Crippen molar-refractivity contribution in [2.24, 2.45) is 17.1 Å². The molecule has 0 fully saturated rings. The lowest BCUT2D eigenvalue weighted by molar-refractivity contribution is 0.1000. The van der Waals surface area contributed by atoms with E-state index in [-0.39, 0.29) is 11.3 Å². The van der Waals surface area contributed by atoms with E-state index in [0.29, 0.717) is 27.7 Å². The van der Waals surface area contributed by atoms with Crippen LogP contribution in [-0.4, -0.2) is 16.8 Å². The van der Waals surface area contributed by atoms with Crippen LogP contribution in [0, 0.1) is 11.3 Å². The van der Waals surface area contributed by atoms with Crippen LogP contribution in [0.2, 0.25) is 0 Å². The molecule has 5 rings (SSSR count). The second kappa shape index (κ2) is 9.45. The maximum atomic E-state index is 13.7. The monoisotopic (exact) mass is 561 g/mol. The molecule has 2 aromatic heterocycles. The Balaban J connectivity index is 1.57. The average molecular weight is 563 g/mol. The van der Waals surface area contributed by atoms with E-state index in [2.05, 4.69) is 42.0 Å². The molecular weight excluding hydrogens is 534 g/mol. The molecule has 0 saturated heterocycles. The van der Waals surface area contributed by atoms with Gasteiger partial charge < -0.3 is 11.1 Å². The summed E-state index contributed by atoms with van der Waals surface area (Å²) in [6.07, 6.45) is 2.69. The number of pyridine rings is 1. The SMILES string of the molecule is CC(C)(C)C1CCc2c(sc(NC(=O)c3cc(-c4ccccc4)nc4ccc(Br)cc34)c2C(N)=O)C1. The predicted molar refractivity (Wildman–Crippen MR) is 151 cm³/mol. The van der Waals surface area contributed by atoms with Crippen molar-refractivity contribution in [1.82, 2.24) is 4.98 Å². The van der Waals surface area contributed by atoms with Crippen LogP contribution in [0.5, 0.6) is 0 Å². The minimum absolute atomic E-state index is 0.176. The highest BCUT2D eigenvalue weighted by Crippen LogP contribution is 2.44. The normalized spacial score (nSPS) is 15.5. The van der Waals surface area contributed by atoms with E-state index >= 15 is 0 Å². The summed E-state index contributed by atoms with van der Waals surface area (Å²) in [6.45, 7) is 6.76. The van der Waals surface area contributed by atoms with Crippen molar-refractivity contribution in [2.45, 2.75) is 40.0 Å². The van der Waals surface area contributed by atoms with Gasteiger partial charge in [-0.1, -0.05) is 67.0 Å². The van der Waals surface area contributed by atoms with E-state index in [1.807, 2.05) is 54.6 Å². The molecule has 5 nitrogen and oxygen atoms in total. The van der Waals surface area contributed by atoms with Crippen molar-refractivity contribution in [3.63, 3.8) is 0 Å². The zero-order chi connectivity index (χ0) is 25.6. The highest BCUT2D eigenvalue weighted by molar-refractivity contribution is 9.10. The predicted octanol–water partition coefficient (Wildman–Crippen LogP) is 7.23. The summed E-state index contributed by atoms with van der Waals surface area (Å²) in [5, 5.41) is 4.31. The lowest BCUT2D eigenvalue weighted by Crippen LogP contribution is -2.27. The highest BCUT2D eigenvalue weighted by atomic mass is 79.9. The van der Waals surface area contributed by atoms with E-state index in [1.165, 1.54) is 11.3 Å². The third-order valence-electron chi connectivity index (χ3n) is 7.05. The number of carbonyl (C=O) groups is 2. The third-order valence-corrected chi connectivity index (χ3v) is 8.71. The van der Waals surface area contributed by atoms with Gasteiger partial charge in [-0.2, -0.15) is 0 Å². The summed E-state index contributed by atoms with van der Waals surface area (Å²) in [5.74, 6) is -0.265. The molecule has 0 bridgehead atoms. The number of hydrogen-bond acceptors (Lipinski definition) is 4. The maximum Gasteiger partial charge on any atom is 0.257 e. The van der Waals surface area contributed by atoms with Gasteiger partial charge in [-0.05, 0) is 60.4 Å². The van der Waals surface area contributed by atoms with E-state index in [1.54, 1.807) is 0 Å². The first-order valence-corrected chi connectivity index (χ1v) is 13.6. The Morgan fingerprint density at radius 1 is 1.11 bits per heavy atom. The fourth-order valence-electron chi connectivity index (χ4n) is 4.99. The summed E-state index contributed by atoms with van der Waals surface area (Å²) < 4.78 is 0.857. The summed E-state index contributed by atoms with van der Waals surface area (Å²) in [6, 6.07) is 17.3. The number of benzene rings is 2. The van der Waals surface area contributed by atoms with Gasteiger partial charge in [0, 0.05) is 20.3 Å². The molecule has 184 valence electrons. The molecular formula is C29H28BrN3O2S. The minimum atomic E-state index is -0.496. The molecule has 2 aromatic carbocycles. The number of halogens is 1. The Morgan fingerprint density at radius 3 is 2.56 bits per heavy atom. The Bertz CT molecular complexity index is 1490. The van der Waals surface area contributed by atoms with Crippen LogP contribution in [0.15, 0.2) is 59.1 Å². The number of primary amides is 1. The van der Waals surface area contributed by atoms with Crippen LogP contribution in [0.3, 0.4) is 0 Å². The molecule has 0 aliphatic heterocycles. The minimum Gasteiger partial charge on any atom is -0.365 e. The number of rotatable bonds is 4. The molecule has 1 aliphatic rings. The number of anilines is 1. The first-order chi connectivity index (χ1) is 17.1. The van der Waals surface area contributed by atoms with Gasteiger partial charge in [-0.25, -0.2) is 4.98 Å². The van der Waals surface area contributed by atoms with Crippen molar-refractivity contribution in [1.29, 1.82) is 0 Å². The van der Waals surface area contributed by atoms with Gasteiger partial charge in [0.15, 0.2) is 0 Å². The van der Waals surface area contributed by atoms with Crippen molar-refractivity contribution >= 4 is 55.0 Å². The number of carbonyl (C=O) groups excluding carboxylic acids is 2. The Labute approximate surface area is 223 Å². The fraction of sp³-hybridized carbons (Fsp3) is 0.276.